The highest BCUT2D eigenvalue weighted by Gasteiger charge is 2.17. The highest BCUT2D eigenvalue weighted by molar-refractivity contribution is 7.21. The molecule has 5 aromatic rings. The Morgan fingerprint density at radius 1 is 1.04 bits per heavy atom. The fourth-order valence-electron chi connectivity index (χ4n) is 2.98. The summed E-state index contributed by atoms with van der Waals surface area (Å²) in [6.45, 7) is 2.24. The normalized spacial score (nSPS) is 11.2. The van der Waals surface area contributed by atoms with Crippen LogP contribution in [0, 0.1) is 6.92 Å². The minimum absolute atomic E-state index is 0.235. The lowest BCUT2D eigenvalue weighted by atomic mass is 10.3. The molecule has 0 N–H and O–H groups in total. The van der Waals surface area contributed by atoms with E-state index >= 15 is 0 Å². The number of hydrogen-bond donors (Lipinski definition) is 0. The van der Waals surface area contributed by atoms with Gasteiger partial charge in [-0.15, -0.1) is 11.3 Å². The van der Waals surface area contributed by atoms with Crippen LogP contribution >= 0.6 is 11.3 Å². The number of hydrogen-bond acceptors (Lipinski definition) is 6. The molecule has 0 spiro atoms. The zero-order valence-corrected chi connectivity index (χ0v) is 15.9. The Bertz CT molecular complexity index is 1230. The fourth-order valence-corrected chi connectivity index (χ4v) is 4.09. The lowest BCUT2D eigenvalue weighted by Gasteiger charge is -2.01. The van der Waals surface area contributed by atoms with Crippen molar-refractivity contribution in [2.45, 2.75) is 13.5 Å². The standard InChI is InChI=1S/C21H16N4O2S/c1-14-17-12-18(28-21(17)25(23-14)15-8-4-2-5-9-15)20-22-19(27-24-20)13-26-16-10-6-3-7-11-16/h2-12H,13H2,1H3. The van der Waals surface area contributed by atoms with Gasteiger partial charge in [-0.25, -0.2) is 4.68 Å². The summed E-state index contributed by atoms with van der Waals surface area (Å²) in [7, 11) is 0. The van der Waals surface area contributed by atoms with Gasteiger partial charge in [0.05, 0.1) is 16.3 Å². The van der Waals surface area contributed by atoms with Gasteiger partial charge in [0.15, 0.2) is 6.61 Å². The van der Waals surface area contributed by atoms with Gasteiger partial charge in [0, 0.05) is 5.39 Å². The van der Waals surface area contributed by atoms with Gasteiger partial charge in [0.2, 0.25) is 5.82 Å². The minimum Gasteiger partial charge on any atom is -0.484 e. The van der Waals surface area contributed by atoms with Crippen LogP contribution < -0.4 is 4.74 Å². The van der Waals surface area contributed by atoms with E-state index in [1.54, 1.807) is 11.3 Å². The third-order valence-electron chi connectivity index (χ3n) is 4.34. The molecule has 0 unspecified atom stereocenters. The molecule has 0 atom stereocenters. The fraction of sp³-hybridized carbons (Fsp3) is 0.0952. The van der Waals surface area contributed by atoms with Crippen molar-refractivity contribution in [1.29, 1.82) is 0 Å². The molecule has 3 heterocycles. The quantitative estimate of drug-likeness (QED) is 0.423. The molecule has 138 valence electrons. The number of rotatable bonds is 5. The average Bonchev–Trinajstić information content (AvgIpc) is 3.44. The number of benzene rings is 2. The van der Waals surface area contributed by atoms with E-state index in [-0.39, 0.29) is 6.61 Å². The maximum atomic E-state index is 5.67. The van der Waals surface area contributed by atoms with Crippen molar-refractivity contribution in [2.24, 2.45) is 0 Å². The smallest absolute Gasteiger partial charge is 0.264 e. The van der Waals surface area contributed by atoms with Gasteiger partial charge in [-0.1, -0.05) is 41.6 Å². The predicted octanol–water partition coefficient (Wildman–Crippen LogP) is 5.02. The SMILES string of the molecule is Cc1nn(-c2ccccc2)c2sc(-c3noc(COc4ccccc4)n3)cc12. The Morgan fingerprint density at radius 3 is 2.57 bits per heavy atom. The van der Waals surface area contributed by atoms with Gasteiger partial charge < -0.3 is 9.26 Å². The zero-order valence-electron chi connectivity index (χ0n) is 15.1. The second-order valence-electron chi connectivity index (χ2n) is 6.28. The van der Waals surface area contributed by atoms with E-state index in [2.05, 4.69) is 21.3 Å². The Hall–Kier alpha value is -3.45. The molecular weight excluding hydrogens is 372 g/mol. The van der Waals surface area contributed by atoms with E-state index < -0.39 is 0 Å². The van der Waals surface area contributed by atoms with Crippen molar-refractivity contribution in [3.63, 3.8) is 0 Å². The van der Waals surface area contributed by atoms with Crippen LogP contribution in [0.5, 0.6) is 5.75 Å². The first-order valence-corrected chi connectivity index (χ1v) is 9.65. The summed E-state index contributed by atoms with van der Waals surface area (Å²) in [5.41, 5.74) is 2.00. The highest BCUT2D eigenvalue weighted by atomic mass is 32.1. The first-order chi connectivity index (χ1) is 13.8. The number of nitrogens with zero attached hydrogens (tertiary/aromatic N) is 4. The van der Waals surface area contributed by atoms with E-state index in [1.165, 1.54) is 0 Å². The van der Waals surface area contributed by atoms with Gasteiger partial charge in [0.1, 0.15) is 10.6 Å². The molecule has 0 amide bonds. The summed E-state index contributed by atoms with van der Waals surface area (Å²) in [4.78, 5) is 6.48. The van der Waals surface area contributed by atoms with Gasteiger partial charge in [0.25, 0.3) is 5.89 Å². The minimum atomic E-state index is 0.235. The largest absolute Gasteiger partial charge is 0.484 e. The van der Waals surface area contributed by atoms with E-state index in [1.807, 2.05) is 72.3 Å². The summed E-state index contributed by atoms with van der Waals surface area (Å²) in [5.74, 6) is 1.77. The number of aromatic nitrogens is 4. The third-order valence-corrected chi connectivity index (χ3v) is 5.45. The Labute approximate surface area is 165 Å². The van der Waals surface area contributed by atoms with Gasteiger partial charge >= 0.3 is 0 Å². The molecular formula is C21H16N4O2S. The maximum absolute atomic E-state index is 5.67. The monoisotopic (exact) mass is 388 g/mol. The lowest BCUT2D eigenvalue weighted by molar-refractivity contribution is 0.243. The summed E-state index contributed by atoms with van der Waals surface area (Å²) in [6.07, 6.45) is 0. The molecule has 0 aliphatic rings. The van der Waals surface area contributed by atoms with Crippen LogP contribution in [0.4, 0.5) is 0 Å². The van der Waals surface area contributed by atoms with Crippen LogP contribution in [-0.2, 0) is 6.61 Å². The molecule has 0 fully saturated rings. The van der Waals surface area contributed by atoms with E-state index in [9.17, 15) is 0 Å². The number of para-hydroxylation sites is 2. The van der Waals surface area contributed by atoms with Crippen LogP contribution in [0.1, 0.15) is 11.6 Å². The number of aryl methyl sites for hydroxylation is 1. The second-order valence-corrected chi connectivity index (χ2v) is 7.31. The molecule has 0 saturated carbocycles. The molecule has 28 heavy (non-hydrogen) atoms. The average molecular weight is 388 g/mol. The van der Waals surface area contributed by atoms with E-state index in [4.69, 9.17) is 9.26 Å². The number of ether oxygens (including phenoxy) is 1. The lowest BCUT2D eigenvalue weighted by Crippen LogP contribution is -1.95. The van der Waals surface area contributed by atoms with Gasteiger partial charge in [-0.05, 0) is 37.3 Å². The van der Waals surface area contributed by atoms with E-state index in [0.717, 1.165) is 32.2 Å². The van der Waals surface area contributed by atoms with Crippen molar-refractivity contribution >= 4 is 21.6 Å². The molecule has 7 heteroatoms. The number of thiophene rings is 1. The number of fused-ring (bicyclic) bond motifs is 1. The highest BCUT2D eigenvalue weighted by Crippen LogP contribution is 2.35. The maximum Gasteiger partial charge on any atom is 0.264 e. The summed E-state index contributed by atoms with van der Waals surface area (Å²) < 4.78 is 13.0. The van der Waals surface area contributed by atoms with Crippen LogP contribution in [0.25, 0.3) is 26.6 Å². The first-order valence-electron chi connectivity index (χ1n) is 8.83. The summed E-state index contributed by atoms with van der Waals surface area (Å²) in [5, 5.41) is 9.88. The molecule has 0 aliphatic heterocycles. The van der Waals surface area contributed by atoms with Crippen LogP contribution in [0.2, 0.25) is 0 Å². The molecule has 2 aromatic carbocycles. The first kappa shape index (κ1) is 16.7. The van der Waals surface area contributed by atoms with Crippen molar-refractivity contribution in [2.75, 3.05) is 0 Å². The van der Waals surface area contributed by atoms with Crippen molar-refractivity contribution in [1.82, 2.24) is 19.9 Å². The van der Waals surface area contributed by atoms with E-state index in [0.29, 0.717) is 11.7 Å². The van der Waals surface area contributed by atoms with Crippen molar-refractivity contribution in [3.8, 4) is 22.1 Å². The van der Waals surface area contributed by atoms with Crippen LogP contribution in [0.3, 0.4) is 0 Å². The molecule has 0 bridgehead atoms. The van der Waals surface area contributed by atoms with Gasteiger partial charge in [-0.2, -0.15) is 10.1 Å². The van der Waals surface area contributed by atoms with Gasteiger partial charge in [-0.3, -0.25) is 0 Å². The van der Waals surface area contributed by atoms with Crippen LogP contribution in [-0.4, -0.2) is 19.9 Å². The molecule has 6 nitrogen and oxygen atoms in total. The Kier molecular flexibility index (Phi) is 4.14. The predicted molar refractivity (Wildman–Crippen MR) is 108 cm³/mol. The van der Waals surface area contributed by atoms with Crippen molar-refractivity contribution < 1.29 is 9.26 Å². The third kappa shape index (κ3) is 3.05. The molecule has 3 aromatic heterocycles. The Balaban J connectivity index is 1.43. The molecule has 0 aliphatic carbocycles. The molecule has 5 rings (SSSR count). The summed E-state index contributed by atoms with van der Waals surface area (Å²) >= 11 is 1.60. The van der Waals surface area contributed by atoms with Crippen LogP contribution in [0.15, 0.2) is 71.3 Å². The Morgan fingerprint density at radius 2 is 1.79 bits per heavy atom. The second kappa shape index (κ2) is 6.94. The molecule has 0 saturated heterocycles. The zero-order chi connectivity index (χ0) is 18.9. The molecule has 0 radical (unpaired) electrons. The summed E-state index contributed by atoms with van der Waals surface area (Å²) in [6, 6.07) is 21.7. The van der Waals surface area contributed by atoms with Crippen molar-refractivity contribution in [3.05, 3.63) is 78.3 Å². The topological polar surface area (TPSA) is 66.0 Å².